The fourth-order valence-electron chi connectivity index (χ4n) is 2.79. The smallest absolute Gasteiger partial charge is 0.251 e. The van der Waals surface area contributed by atoms with Gasteiger partial charge >= 0.3 is 0 Å². The summed E-state index contributed by atoms with van der Waals surface area (Å²) in [4.78, 5) is 23.6. The fourth-order valence-corrected chi connectivity index (χ4v) is 2.79. The van der Waals surface area contributed by atoms with Crippen LogP contribution in [0.2, 0.25) is 0 Å². The maximum absolute atomic E-state index is 12.3. The number of primary amides is 1. The molecule has 3 aromatic carbocycles. The van der Waals surface area contributed by atoms with Gasteiger partial charge in [0, 0.05) is 17.7 Å². The molecule has 0 aromatic heterocycles. The van der Waals surface area contributed by atoms with E-state index in [-0.39, 0.29) is 5.91 Å². The molecule has 0 heterocycles. The molecule has 0 aliphatic rings. The number of ether oxygens (including phenoxy) is 1. The number of benzene rings is 3. The third-order valence-corrected chi connectivity index (χ3v) is 4.23. The molecule has 0 spiro atoms. The van der Waals surface area contributed by atoms with Crippen molar-refractivity contribution in [3.05, 3.63) is 107 Å². The summed E-state index contributed by atoms with van der Waals surface area (Å²) in [5.41, 5.74) is 9.11. The third-order valence-electron chi connectivity index (χ3n) is 4.23. The second-order valence-electron chi connectivity index (χ2n) is 6.43. The van der Waals surface area contributed by atoms with Crippen LogP contribution in [-0.2, 0) is 24.5 Å². The number of carbonyl (C=O) groups excluding carboxylic acids is 2. The zero-order chi connectivity index (χ0) is 19.8. The first kappa shape index (κ1) is 19.3. The lowest BCUT2D eigenvalue weighted by Gasteiger charge is -2.09. The van der Waals surface area contributed by atoms with Crippen molar-refractivity contribution in [2.45, 2.75) is 19.8 Å². The number of carbonyl (C=O) groups is 2. The van der Waals surface area contributed by atoms with E-state index in [4.69, 9.17) is 10.5 Å². The molecule has 0 fully saturated rings. The Morgan fingerprint density at radius 2 is 1.39 bits per heavy atom. The number of amides is 2. The molecule has 142 valence electrons. The molecule has 0 saturated carbocycles. The van der Waals surface area contributed by atoms with Gasteiger partial charge < -0.3 is 15.8 Å². The van der Waals surface area contributed by atoms with Crippen molar-refractivity contribution < 1.29 is 14.3 Å². The van der Waals surface area contributed by atoms with E-state index in [1.807, 2.05) is 54.6 Å². The molecular weight excluding hydrogens is 352 g/mol. The highest BCUT2D eigenvalue weighted by Gasteiger charge is 2.08. The van der Waals surface area contributed by atoms with E-state index in [9.17, 15) is 9.59 Å². The Morgan fingerprint density at radius 3 is 2.18 bits per heavy atom. The topological polar surface area (TPSA) is 81.4 Å². The van der Waals surface area contributed by atoms with Gasteiger partial charge in [-0.05, 0) is 34.9 Å². The minimum atomic E-state index is -0.558. The number of hydrogen-bond acceptors (Lipinski definition) is 3. The highest BCUT2D eigenvalue weighted by atomic mass is 16.5. The van der Waals surface area contributed by atoms with Gasteiger partial charge in [0.15, 0.2) is 0 Å². The van der Waals surface area contributed by atoms with Crippen molar-refractivity contribution in [2.24, 2.45) is 5.73 Å². The third kappa shape index (κ3) is 5.53. The first-order valence-electron chi connectivity index (χ1n) is 8.99. The fraction of sp³-hybridized carbons (Fsp3) is 0.130. The van der Waals surface area contributed by atoms with Crippen LogP contribution in [0.3, 0.4) is 0 Å². The Morgan fingerprint density at radius 1 is 0.750 bits per heavy atom. The van der Waals surface area contributed by atoms with Gasteiger partial charge in [-0.3, -0.25) is 9.59 Å². The van der Waals surface area contributed by atoms with Crippen LogP contribution in [0.1, 0.15) is 37.4 Å². The summed E-state index contributed by atoms with van der Waals surface area (Å²) in [6.07, 6.45) is 0. The molecule has 3 rings (SSSR count). The molecule has 5 nitrogen and oxygen atoms in total. The second kappa shape index (κ2) is 9.48. The van der Waals surface area contributed by atoms with Gasteiger partial charge in [-0.1, -0.05) is 60.7 Å². The Kier molecular flexibility index (Phi) is 6.54. The van der Waals surface area contributed by atoms with Crippen LogP contribution in [0.5, 0.6) is 0 Å². The van der Waals surface area contributed by atoms with Gasteiger partial charge in [-0.2, -0.15) is 0 Å². The number of rotatable bonds is 8. The summed E-state index contributed by atoms with van der Waals surface area (Å²) in [6.45, 7) is 1.43. The van der Waals surface area contributed by atoms with E-state index in [1.54, 1.807) is 18.2 Å². The van der Waals surface area contributed by atoms with Gasteiger partial charge in [-0.25, -0.2) is 0 Å². The van der Waals surface area contributed by atoms with Gasteiger partial charge in [0.2, 0.25) is 5.91 Å². The van der Waals surface area contributed by atoms with E-state index in [1.165, 1.54) is 6.07 Å². The SMILES string of the molecule is NC(=O)c1cccc(C(=O)NCc2cccc(COCc3ccccc3)c2)c1. The lowest BCUT2D eigenvalue weighted by molar-refractivity contribution is 0.0950. The summed E-state index contributed by atoms with van der Waals surface area (Å²) in [5.74, 6) is -0.813. The van der Waals surface area contributed by atoms with Crippen LogP contribution in [-0.4, -0.2) is 11.8 Å². The predicted octanol–water partition coefficient (Wildman–Crippen LogP) is 3.43. The Labute approximate surface area is 164 Å². The molecule has 0 aliphatic carbocycles. The summed E-state index contributed by atoms with van der Waals surface area (Å²) in [6, 6.07) is 24.2. The second-order valence-corrected chi connectivity index (χ2v) is 6.43. The molecule has 0 bridgehead atoms. The maximum Gasteiger partial charge on any atom is 0.251 e. The van der Waals surface area contributed by atoms with Crippen LogP contribution in [0, 0.1) is 0 Å². The van der Waals surface area contributed by atoms with Gasteiger partial charge in [0.1, 0.15) is 0 Å². The minimum absolute atomic E-state index is 0.256. The standard InChI is InChI=1S/C23H22N2O3/c24-22(26)20-10-5-11-21(13-20)23(27)25-14-18-8-4-9-19(12-18)16-28-15-17-6-2-1-3-7-17/h1-13H,14-16H2,(H2,24,26)(H,25,27). The monoisotopic (exact) mass is 374 g/mol. The molecule has 5 heteroatoms. The Hall–Kier alpha value is -3.44. The summed E-state index contributed by atoms with van der Waals surface area (Å²) >= 11 is 0. The van der Waals surface area contributed by atoms with Crippen LogP contribution in [0.4, 0.5) is 0 Å². The Bertz CT molecular complexity index is 955. The first-order chi connectivity index (χ1) is 13.6. The summed E-state index contributed by atoms with van der Waals surface area (Å²) < 4.78 is 5.76. The first-order valence-corrected chi connectivity index (χ1v) is 8.99. The highest BCUT2D eigenvalue weighted by Crippen LogP contribution is 2.10. The molecule has 28 heavy (non-hydrogen) atoms. The molecular formula is C23H22N2O3. The average Bonchev–Trinajstić information content (AvgIpc) is 2.73. The van der Waals surface area contributed by atoms with Gasteiger partial charge in [-0.15, -0.1) is 0 Å². The highest BCUT2D eigenvalue weighted by molar-refractivity contribution is 5.99. The number of nitrogens with two attached hydrogens (primary N) is 1. The normalized spacial score (nSPS) is 10.4. The molecule has 3 N–H and O–H groups in total. The van der Waals surface area contributed by atoms with Crippen molar-refractivity contribution >= 4 is 11.8 Å². The summed E-state index contributed by atoms with van der Waals surface area (Å²) in [7, 11) is 0. The molecule has 0 radical (unpaired) electrons. The van der Waals surface area contributed by atoms with E-state index >= 15 is 0 Å². The largest absolute Gasteiger partial charge is 0.372 e. The van der Waals surface area contributed by atoms with Gasteiger partial charge in [0.25, 0.3) is 5.91 Å². The zero-order valence-electron chi connectivity index (χ0n) is 15.4. The zero-order valence-corrected chi connectivity index (χ0v) is 15.4. The van der Waals surface area contributed by atoms with Crippen LogP contribution in [0.15, 0.2) is 78.9 Å². The van der Waals surface area contributed by atoms with Crippen molar-refractivity contribution in [1.29, 1.82) is 0 Å². The Balaban J connectivity index is 1.53. The van der Waals surface area contributed by atoms with E-state index in [0.717, 1.165) is 16.7 Å². The average molecular weight is 374 g/mol. The minimum Gasteiger partial charge on any atom is -0.372 e. The van der Waals surface area contributed by atoms with E-state index in [0.29, 0.717) is 30.9 Å². The van der Waals surface area contributed by atoms with E-state index < -0.39 is 5.91 Å². The van der Waals surface area contributed by atoms with Crippen molar-refractivity contribution in [3.63, 3.8) is 0 Å². The maximum atomic E-state index is 12.3. The van der Waals surface area contributed by atoms with Crippen molar-refractivity contribution in [1.82, 2.24) is 5.32 Å². The summed E-state index contributed by atoms with van der Waals surface area (Å²) in [5, 5.41) is 2.86. The quantitative estimate of drug-likeness (QED) is 0.634. The van der Waals surface area contributed by atoms with Crippen molar-refractivity contribution in [3.8, 4) is 0 Å². The predicted molar refractivity (Wildman–Crippen MR) is 108 cm³/mol. The molecule has 2 amide bonds. The molecule has 0 atom stereocenters. The molecule has 0 saturated heterocycles. The van der Waals surface area contributed by atoms with Crippen molar-refractivity contribution in [2.75, 3.05) is 0 Å². The lowest BCUT2D eigenvalue weighted by Crippen LogP contribution is -2.23. The lowest BCUT2D eigenvalue weighted by atomic mass is 10.1. The van der Waals surface area contributed by atoms with Crippen LogP contribution in [0.25, 0.3) is 0 Å². The van der Waals surface area contributed by atoms with Crippen LogP contribution < -0.4 is 11.1 Å². The molecule has 0 aliphatic heterocycles. The van der Waals surface area contributed by atoms with Crippen LogP contribution >= 0.6 is 0 Å². The number of hydrogen-bond donors (Lipinski definition) is 2. The molecule has 0 unspecified atom stereocenters. The molecule has 3 aromatic rings. The van der Waals surface area contributed by atoms with E-state index in [2.05, 4.69) is 5.32 Å². The number of nitrogens with one attached hydrogen (secondary N) is 1. The van der Waals surface area contributed by atoms with Gasteiger partial charge in [0.05, 0.1) is 13.2 Å².